The molecule has 1 heterocycles. The SMILES string of the molecule is COC(=O)c1ccc(OC(=O)c2ccc(C(F)(F)F)nc2C)cc1. The minimum atomic E-state index is -4.59. The second kappa shape index (κ2) is 6.69. The molecule has 0 saturated heterocycles. The van der Waals surface area contributed by atoms with Crippen LogP contribution in [0.1, 0.15) is 32.1 Å². The molecule has 8 heteroatoms. The van der Waals surface area contributed by atoms with Gasteiger partial charge in [-0.1, -0.05) is 0 Å². The molecule has 0 bridgehead atoms. The van der Waals surface area contributed by atoms with Crippen LogP contribution in [-0.4, -0.2) is 24.0 Å². The monoisotopic (exact) mass is 339 g/mol. The maximum Gasteiger partial charge on any atom is 0.433 e. The highest BCUT2D eigenvalue weighted by Gasteiger charge is 2.33. The topological polar surface area (TPSA) is 65.5 Å². The van der Waals surface area contributed by atoms with Crippen molar-refractivity contribution in [1.29, 1.82) is 0 Å². The summed E-state index contributed by atoms with van der Waals surface area (Å²) in [6.45, 7) is 1.28. The van der Waals surface area contributed by atoms with Crippen molar-refractivity contribution in [3.63, 3.8) is 0 Å². The van der Waals surface area contributed by atoms with Crippen LogP contribution >= 0.6 is 0 Å². The van der Waals surface area contributed by atoms with E-state index in [0.717, 1.165) is 6.07 Å². The molecular formula is C16H12F3NO4. The number of ether oxygens (including phenoxy) is 2. The summed E-state index contributed by atoms with van der Waals surface area (Å²) in [6.07, 6.45) is -4.59. The van der Waals surface area contributed by atoms with Crippen LogP contribution in [0.15, 0.2) is 36.4 Å². The van der Waals surface area contributed by atoms with Gasteiger partial charge in [-0.3, -0.25) is 0 Å². The third kappa shape index (κ3) is 3.89. The average molecular weight is 339 g/mol. The molecule has 0 saturated carbocycles. The first kappa shape index (κ1) is 17.5. The van der Waals surface area contributed by atoms with Crippen molar-refractivity contribution < 1.29 is 32.2 Å². The van der Waals surface area contributed by atoms with E-state index in [-0.39, 0.29) is 22.6 Å². The lowest BCUT2D eigenvalue weighted by Gasteiger charge is -2.10. The third-order valence-electron chi connectivity index (χ3n) is 3.08. The smallest absolute Gasteiger partial charge is 0.433 e. The fourth-order valence-corrected chi connectivity index (χ4v) is 1.87. The van der Waals surface area contributed by atoms with Crippen molar-refractivity contribution in [2.24, 2.45) is 0 Å². The number of esters is 2. The van der Waals surface area contributed by atoms with Crippen LogP contribution < -0.4 is 4.74 Å². The van der Waals surface area contributed by atoms with Gasteiger partial charge < -0.3 is 9.47 Å². The highest BCUT2D eigenvalue weighted by atomic mass is 19.4. The standard InChI is InChI=1S/C16H12F3NO4/c1-9-12(7-8-13(20-9)16(17,18)19)15(22)24-11-5-3-10(4-6-11)14(21)23-2/h3-8H,1-2H3. The summed E-state index contributed by atoms with van der Waals surface area (Å²) in [6, 6.07) is 7.26. The number of hydrogen-bond donors (Lipinski definition) is 0. The van der Waals surface area contributed by atoms with E-state index in [9.17, 15) is 22.8 Å². The molecule has 0 amide bonds. The molecule has 2 rings (SSSR count). The van der Waals surface area contributed by atoms with E-state index >= 15 is 0 Å². The number of aryl methyl sites for hydroxylation is 1. The van der Waals surface area contributed by atoms with Crippen molar-refractivity contribution >= 4 is 11.9 Å². The van der Waals surface area contributed by atoms with Crippen LogP contribution in [0.4, 0.5) is 13.2 Å². The molecule has 0 fully saturated rings. The molecule has 24 heavy (non-hydrogen) atoms. The largest absolute Gasteiger partial charge is 0.465 e. The summed E-state index contributed by atoms with van der Waals surface area (Å²) >= 11 is 0. The zero-order chi connectivity index (χ0) is 17.9. The molecule has 0 spiro atoms. The number of hydrogen-bond acceptors (Lipinski definition) is 5. The molecule has 0 aliphatic carbocycles. The van der Waals surface area contributed by atoms with E-state index in [1.54, 1.807) is 0 Å². The van der Waals surface area contributed by atoms with E-state index in [4.69, 9.17) is 4.74 Å². The normalized spacial score (nSPS) is 11.0. The van der Waals surface area contributed by atoms with Crippen LogP contribution in [-0.2, 0) is 10.9 Å². The van der Waals surface area contributed by atoms with Crippen LogP contribution in [0.2, 0.25) is 0 Å². The molecule has 0 aliphatic heterocycles. The van der Waals surface area contributed by atoms with E-state index in [2.05, 4.69) is 9.72 Å². The van der Waals surface area contributed by atoms with E-state index < -0.39 is 23.8 Å². The minimum absolute atomic E-state index is 0.0833. The fraction of sp³-hybridized carbons (Fsp3) is 0.188. The molecule has 0 aliphatic rings. The number of rotatable bonds is 3. The Morgan fingerprint density at radius 2 is 1.62 bits per heavy atom. The molecular weight excluding hydrogens is 327 g/mol. The van der Waals surface area contributed by atoms with Crippen molar-refractivity contribution in [2.75, 3.05) is 7.11 Å². The number of benzene rings is 1. The molecule has 1 aromatic carbocycles. The number of carbonyl (C=O) groups excluding carboxylic acids is 2. The van der Waals surface area contributed by atoms with Gasteiger partial charge in [0.15, 0.2) is 0 Å². The van der Waals surface area contributed by atoms with Crippen molar-refractivity contribution in [2.45, 2.75) is 13.1 Å². The van der Waals surface area contributed by atoms with E-state index in [1.807, 2.05) is 0 Å². The Kier molecular flexibility index (Phi) is 4.87. The molecule has 0 radical (unpaired) electrons. The third-order valence-corrected chi connectivity index (χ3v) is 3.08. The van der Waals surface area contributed by atoms with Crippen molar-refractivity contribution in [1.82, 2.24) is 4.98 Å². The maximum absolute atomic E-state index is 12.6. The Hall–Kier alpha value is -2.90. The van der Waals surface area contributed by atoms with Crippen LogP contribution in [0.5, 0.6) is 5.75 Å². The van der Waals surface area contributed by atoms with E-state index in [1.165, 1.54) is 38.3 Å². The molecule has 0 unspecified atom stereocenters. The highest BCUT2D eigenvalue weighted by molar-refractivity contribution is 5.92. The number of halogens is 3. The predicted octanol–water partition coefficient (Wildman–Crippen LogP) is 3.41. The Bertz CT molecular complexity index is 770. The molecule has 2 aromatic rings. The summed E-state index contributed by atoms with van der Waals surface area (Å²) in [7, 11) is 1.23. The summed E-state index contributed by atoms with van der Waals surface area (Å²) in [5, 5.41) is 0. The van der Waals surface area contributed by atoms with Crippen LogP contribution in [0, 0.1) is 6.92 Å². The van der Waals surface area contributed by atoms with Gasteiger partial charge in [-0.25, -0.2) is 14.6 Å². The van der Waals surface area contributed by atoms with Crippen molar-refractivity contribution in [3.8, 4) is 5.75 Å². The van der Waals surface area contributed by atoms with Crippen molar-refractivity contribution in [3.05, 3.63) is 58.9 Å². The van der Waals surface area contributed by atoms with Crippen LogP contribution in [0.3, 0.4) is 0 Å². The van der Waals surface area contributed by atoms with Crippen LogP contribution in [0.25, 0.3) is 0 Å². The number of carbonyl (C=O) groups is 2. The van der Waals surface area contributed by atoms with Gasteiger partial charge in [-0.15, -0.1) is 0 Å². The van der Waals surface area contributed by atoms with E-state index in [0.29, 0.717) is 6.07 Å². The molecule has 0 atom stereocenters. The Morgan fingerprint density at radius 1 is 1.00 bits per heavy atom. The molecule has 126 valence electrons. The predicted molar refractivity (Wildman–Crippen MR) is 76.7 cm³/mol. The van der Waals surface area contributed by atoms with Gasteiger partial charge in [0.1, 0.15) is 11.4 Å². The number of pyridine rings is 1. The number of aromatic nitrogens is 1. The van der Waals surface area contributed by atoms with Gasteiger partial charge >= 0.3 is 18.1 Å². The van der Waals surface area contributed by atoms with Gasteiger partial charge in [0, 0.05) is 0 Å². The highest BCUT2D eigenvalue weighted by Crippen LogP contribution is 2.28. The quantitative estimate of drug-likeness (QED) is 0.633. The Morgan fingerprint density at radius 3 is 2.12 bits per heavy atom. The zero-order valence-electron chi connectivity index (χ0n) is 12.7. The average Bonchev–Trinajstić information content (AvgIpc) is 2.53. The van der Waals surface area contributed by atoms with Gasteiger partial charge in [-0.05, 0) is 43.3 Å². The Balaban J connectivity index is 2.16. The minimum Gasteiger partial charge on any atom is -0.465 e. The first-order valence-corrected chi connectivity index (χ1v) is 6.68. The summed E-state index contributed by atoms with van der Waals surface area (Å²) in [5.74, 6) is -1.26. The summed E-state index contributed by atoms with van der Waals surface area (Å²) in [5.41, 5.74) is -0.996. The van der Waals surface area contributed by atoms with Gasteiger partial charge in [0.2, 0.25) is 0 Å². The lowest BCUT2D eigenvalue weighted by molar-refractivity contribution is -0.141. The van der Waals surface area contributed by atoms with Gasteiger partial charge in [-0.2, -0.15) is 13.2 Å². The molecule has 5 nitrogen and oxygen atoms in total. The first-order valence-electron chi connectivity index (χ1n) is 6.68. The molecule has 0 N–H and O–H groups in total. The maximum atomic E-state index is 12.6. The first-order chi connectivity index (χ1) is 11.2. The second-order valence-corrected chi connectivity index (χ2v) is 4.73. The fourth-order valence-electron chi connectivity index (χ4n) is 1.87. The zero-order valence-corrected chi connectivity index (χ0v) is 12.7. The number of alkyl halides is 3. The molecule has 1 aromatic heterocycles. The lowest BCUT2D eigenvalue weighted by Crippen LogP contribution is -2.15. The second-order valence-electron chi connectivity index (χ2n) is 4.73. The Labute approximate surface area is 135 Å². The lowest BCUT2D eigenvalue weighted by atomic mass is 10.2. The summed E-state index contributed by atoms with van der Waals surface area (Å²) in [4.78, 5) is 26.7. The summed E-state index contributed by atoms with van der Waals surface area (Å²) < 4.78 is 47.3. The number of methoxy groups -OCH3 is 1. The van der Waals surface area contributed by atoms with Gasteiger partial charge in [0.05, 0.1) is 23.9 Å². The van der Waals surface area contributed by atoms with Gasteiger partial charge in [0.25, 0.3) is 0 Å². The number of nitrogens with zero attached hydrogens (tertiary/aromatic N) is 1.